The number of oxazole rings is 1. The highest BCUT2D eigenvalue weighted by molar-refractivity contribution is 5.92. The number of rotatable bonds is 6. The van der Waals surface area contributed by atoms with Gasteiger partial charge in [0.15, 0.2) is 23.9 Å². The molecule has 2 N–H and O–H groups in total. The molecule has 0 bridgehead atoms. The predicted octanol–water partition coefficient (Wildman–Crippen LogP) is 3.94. The Morgan fingerprint density at radius 3 is 2.89 bits per heavy atom. The fourth-order valence-electron chi connectivity index (χ4n) is 2.71. The first-order valence-corrected chi connectivity index (χ1v) is 8.46. The average Bonchev–Trinajstić information content (AvgIpc) is 3.34. The number of nitrogens with zero attached hydrogens (tertiary/aromatic N) is 1. The van der Waals surface area contributed by atoms with Gasteiger partial charge in [0.1, 0.15) is 6.26 Å². The summed E-state index contributed by atoms with van der Waals surface area (Å²) >= 11 is 0. The zero-order valence-corrected chi connectivity index (χ0v) is 14.5. The summed E-state index contributed by atoms with van der Waals surface area (Å²) in [4.78, 5) is 19.4. The van der Waals surface area contributed by atoms with Gasteiger partial charge in [0, 0.05) is 11.2 Å². The van der Waals surface area contributed by atoms with Gasteiger partial charge in [0.25, 0.3) is 5.91 Å². The third kappa shape index (κ3) is 3.71. The molecule has 0 fully saturated rings. The second kappa shape index (κ2) is 7.51. The maximum atomic E-state index is 13.6. The number of aromatic nitrogens is 2. The Labute approximate surface area is 158 Å². The van der Waals surface area contributed by atoms with Crippen LogP contribution < -0.4 is 10.1 Å². The van der Waals surface area contributed by atoms with Crippen molar-refractivity contribution in [3.8, 4) is 5.75 Å². The Morgan fingerprint density at radius 1 is 1.18 bits per heavy atom. The van der Waals surface area contributed by atoms with Crippen LogP contribution in [0.2, 0.25) is 0 Å². The molecular weight excluding hydrogens is 368 g/mol. The highest BCUT2D eigenvalue weighted by Crippen LogP contribution is 2.20. The van der Waals surface area contributed by atoms with Gasteiger partial charge in [-0.25, -0.2) is 9.37 Å². The molecule has 28 heavy (non-hydrogen) atoms. The van der Waals surface area contributed by atoms with E-state index in [1.54, 1.807) is 0 Å². The van der Waals surface area contributed by atoms with Crippen molar-refractivity contribution in [2.75, 3.05) is 0 Å². The van der Waals surface area contributed by atoms with Crippen molar-refractivity contribution in [2.24, 2.45) is 0 Å². The molecule has 0 aliphatic heterocycles. The number of nitrogens with one attached hydrogen (secondary N) is 2. The van der Waals surface area contributed by atoms with E-state index in [0.29, 0.717) is 6.54 Å². The van der Waals surface area contributed by atoms with Crippen molar-refractivity contribution < 1.29 is 22.7 Å². The molecule has 2 aromatic carbocycles. The van der Waals surface area contributed by atoms with E-state index >= 15 is 0 Å². The lowest BCUT2D eigenvalue weighted by molar-refractivity contribution is 0.0945. The Hall–Kier alpha value is -3.68. The second-order valence-electron chi connectivity index (χ2n) is 6.03. The summed E-state index contributed by atoms with van der Waals surface area (Å²) in [6, 6.07) is 13.3. The lowest BCUT2D eigenvalue weighted by Crippen LogP contribution is -2.23. The number of amides is 1. The molecule has 0 radical (unpaired) electrons. The van der Waals surface area contributed by atoms with Gasteiger partial charge in [-0.05, 0) is 29.7 Å². The number of fused-ring (bicyclic) bond motifs is 1. The molecule has 142 valence electrons. The maximum absolute atomic E-state index is 13.6. The minimum absolute atomic E-state index is 0.0643. The smallest absolute Gasteiger partial charge is 0.273 e. The van der Waals surface area contributed by atoms with Gasteiger partial charge in [-0.1, -0.05) is 24.3 Å². The summed E-state index contributed by atoms with van der Waals surface area (Å²) in [5, 5.41) is 3.79. The van der Waals surface area contributed by atoms with E-state index in [1.165, 1.54) is 18.4 Å². The van der Waals surface area contributed by atoms with Crippen LogP contribution in [0.15, 0.2) is 59.2 Å². The van der Waals surface area contributed by atoms with Crippen LogP contribution in [0.25, 0.3) is 10.9 Å². The molecule has 0 aliphatic carbocycles. The van der Waals surface area contributed by atoms with Crippen LogP contribution in [0.3, 0.4) is 0 Å². The molecule has 6 nitrogen and oxygen atoms in total. The van der Waals surface area contributed by atoms with Crippen LogP contribution in [0, 0.1) is 11.6 Å². The standard InChI is InChI=1S/C20H15F2N3O3/c21-14-5-3-7-17(19(14)22)27-11-18-25-16(10-28-18)20(26)23-9-13-8-12-4-1-2-6-15(12)24-13/h1-8,10,24H,9,11H2,(H,23,26). The summed E-state index contributed by atoms with van der Waals surface area (Å²) in [6.45, 7) is 0.0520. The molecule has 4 rings (SSSR count). The van der Waals surface area contributed by atoms with Crippen molar-refractivity contribution in [1.82, 2.24) is 15.3 Å². The summed E-state index contributed by atoms with van der Waals surface area (Å²) < 4.78 is 37.0. The molecule has 1 amide bonds. The van der Waals surface area contributed by atoms with Crippen molar-refractivity contribution in [2.45, 2.75) is 13.2 Å². The minimum Gasteiger partial charge on any atom is -0.481 e. The SMILES string of the molecule is O=C(NCc1cc2ccccc2[nH]1)c1coc(COc2cccc(F)c2F)n1. The number of halogens is 2. The number of hydrogen-bond donors (Lipinski definition) is 2. The van der Waals surface area contributed by atoms with Crippen molar-refractivity contribution in [1.29, 1.82) is 0 Å². The summed E-state index contributed by atoms with van der Waals surface area (Å²) in [7, 11) is 0. The second-order valence-corrected chi connectivity index (χ2v) is 6.03. The summed E-state index contributed by atoms with van der Waals surface area (Å²) in [5.41, 5.74) is 1.90. The molecule has 2 heterocycles. The first kappa shape index (κ1) is 17.7. The zero-order valence-electron chi connectivity index (χ0n) is 14.5. The molecule has 4 aromatic rings. The monoisotopic (exact) mass is 383 g/mol. The van der Waals surface area contributed by atoms with Crippen LogP contribution in [-0.2, 0) is 13.2 Å². The van der Waals surface area contributed by atoms with Crippen LogP contribution in [0.5, 0.6) is 5.75 Å². The van der Waals surface area contributed by atoms with Gasteiger partial charge >= 0.3 is 0 Å². The lowest BCUT2D eigenvalue weighted by atomic mass is 10.2. The van der Waals surface area contributed by atoms with Gasteiger partial charge in [0.05, 0.1) is 6.54 Å². The third-order valence-electron chi connectivity index (χ3n) is 4.08. The Kier molecular flexibility index (Phi) is 4.76. The van der Waals surface area contributed by atoms with Crippen LogP contribution in [0.4, 0.5) is 8.78 Å². The molecule has 0 spiro atoms. The first-order chi connectivity index (χ1) is 13.6. The Balaban J connectivity index is 1.35. The van der Waals surface area contributed by atoms with E-state index in [2.05, 4.69) is 15.3 Å². The fraction of sp³-hybridized carbons (Fsp3) is 0.100. The number of H-pyrrole nitrogens is 1. The van der Waals surface area contributed by atoms with Gasteiger partial charge < -0.3 is 19.5 Å². The highest BCUT2D eigenvalue weighted by Gasteiger charge is 2.14. The molecular formula is C20H15F2N3O3. The topological polar surface area (TPSA) is 80.2 Å². The molecule has 0 unspecified atom stereocenters. The molecule has 0 atom stereocenters. The molecule has 2 aromatic heterocycles. The number of carbonyl (C=O) groups is 1. The molecule has 0 aliphatic rings. The van der Waals surface area contributed by atoms with Crippen molar-refractivity contribution in [3.63, 3.8) is 0 Å². The van der Waals surface area contributed by atoms with Crippen LogP contribution >= 0.6 is 0 Å². The van der Waals surface area contributed by atoms with Crippen LogP contribution in [0.1, 0.15) is 22.1 Å². The average molecular weight is 383 g/mol. The van der Waals surface area contributed by atoms with Crippen molar-refractivity contribution in [3.05, 3.63) is 83.7 Å². The van der Waals surface area contributed by atoms with E-state index in [-0.39, 0.29) is 23.9 Å². The molecule has 0 saturated heterocycles. The predicted molar refractivity (Wildman–Crippen MR) is 96.7 cm³/mol. The third-order valence-corrected chi connectivity index (χ3v) is 4.08. The van der Waals surface area contributed by atoms with E-state index in [9.17, 15) is 13.6 Å². The van der Waals surface area contributed by atoms with E-state index in [1.807, 2.05) is 30.3 Å². The summed E-state index contributed by atoms with van der Waals surface area (Å²) in [6.07, 6.45) is 1.18. The number of aromatic amines is 1. The van der Waals surface area contributed by atoms with Gasteiger partial charge in [0.2, 0.25) is 11.7 Å². The van der Waals surface area contributed by atoms with Crippen LogP contribution in [-0.4, -0.2) is 15.9 Å². The number of hydrogen-bond acceptors (Lipinski definition) is 4. The van der Waals surface area contributed by atoms with E-state index in [0.717, 1.165) is 22.7 Å². The highest BCUT2D eigenvalue weighted by atomic mass is 19.2. The zero-order chi connectivity index (χ0) is 19.5. The summed E-state index contributed by atoms with van der Waals surface area (Å²) in [5.74, 6) is -2.72. The number of carbonyl (C=O) groups excluding carboxylic acids is 1. The normalized spacial score (nSPS) is 10.9. The van der Waals surface area contributed by atoms with Crippen molar-refractivity contribution >= 4 is 16.8 Å². The van der Waals surface area contributed by atoms with E-state index < -0.39 is 17.5 Å². The number of benzene rings is 2. The Morgan fingerprint density at radius 2 is 2.04 bits per heavy atom. The largest absolute Gasteiger partial charge is 0.481 e. The lowest BCUT2D eigenvalue weighted by Gasteiger charge is -2.04. The quantitative estimate of drug-likeness (QED) is 0.528. The molecule has 8 heteroatoms. The molecule has 0 saturated carbocycles. The maximum Gasteiger partial charge on any atom is 0.273 e. The van der Waals surface area contributed by atoms with E-state index in [4.69, 9.17) is 9.15 Å². The number of ether oxygens (including phenoxy) is 1. The Bertz CT molecular complexity index is 1100. The van der Waals surface area contributed by atoms with Gasteiger partial charge in [-0.15, -0.1) is 0 Å². The fourth-order valence-corrected chi connectivity index (χ4v) is 2.71. The first-order valence-electron chi connectivity index (χ1n) is 8.46. The van der Waals surface area contributed by atoms with Gasteiger partial charge in [-0.2, -0.15) is 4.39 Å². The minimum atomic E-state index is -1.09. The van der Waals surface area contributed by atoms with Gasteiger partial charge in [-0.3, -0.25) is 4.79 Å². The number of para-hydroxylation sites is 1.